The zero-order valence-corrected chi connectivity index (χ0v) is 9.52. The summed E-state index contributed by atoms with van der Waals surface area (Å²) in [6.45, 7) is 2.71. The molecule has 1 aliphatic rings. The van der Waals surface area contributed by atoms with Crippen molar-refractivity contribution in [2.45, 2.75) is 6.42 Å². The first-order chi connectivity index (χ1) is 7.88. The standard InChI is InChI=1S/C12H17N3O/c1-16-12-4-2-11(3-5-12)6-7-15-9-13-8-14-10-15/h2-5,8H,6-7,9-10H2,1H3,(H,13,14). The second-order valence-electron chi connectivity index (χ2n) is 3.81. The molecule has 0 fully saturated rings. The van der Waals surface area contributed by atoms with Gasteiger partial charge in [0.15, 0.2) is 0 Å². The average Bonchev–Trinajstić information content (AvgIpc) is 2.38. The fraction of sp³-hybridized carbons (Fsp3) is 0.417. The number of nitrogens with zero attached hydrogens (tertiary/aromatic N) is 2. The third kappa shape index (κ3) is 2.97. The summed E-state index contributed by atoms with van der Waals surface area (Å²) in [5, 5.41) is 3.10. The molecule has 86 valence electrons. The van der Waals surface area contributed by atoms with E-state index < -0.39 is 0 Å². The average molecular weight is 219 g/mol. The van der Waals surface area contributed by atoms with E-state index in [4.69, 9.17) is 4.74 Å². The van der Waals surface area contributed by atoms with Crippen molar-refractivity contribution in [1.82, 2.24) is 10.2 Å². The summed E-state index contributed by atoms with van der Waals surface area (Å²) >= 11 is 0. The van der Waals surface area contributed by atoms with Crippen LogP contribution in [0, 0.1) is 0 Å². The highest BCUT2D eigenvalue weighted by molar-refractivity contribution is 5.54. The quantitative estimate of drug-likeness (QED) is 0.823. The van der Waals surface area contributed by atoms with Crippen LogP contribution in [0.1, 0.15) is 5.56 Å². The van der Waals surface area contributed by atoms with Crippen LogP contribution >= 0.6 is 0 Å². The van der Waals surface area contributed by atoms with Gasteiger partial charge in [-0.1, -0.05) is 12.1 Å². The van der Waals surface area contributed by atoms with Crippen LogP contribution < -0.4 is 10.1 Å². The van der Waals surface area contributed by atoms with Crippen molar-refractivity contribution in [3.05, 3.63) is 29.8 Å². The molecule has 4 heteroatoms. The summed E-state index contributed by atoms with van der Waals surface area (Å²) in [5.41, 5.74) is 1.33. The molecule has 0 amide bonds. The third-order valence-electron chi connectivity index (χ3n) is 2.65. The molecular weight excluding hydrogens is 202 g/mol. The molecule has 16 heavy (non-hydrogen) atoms. The van der Waals surface area contributed by atoms with E-state index in [1.165, 1.54) is 5.56 Å². The Labute approximate surface area is 95.9 Å². The van der Waals surface area contributed by atoms with Gasteiger partial charge in [0.05, 0.1) is 26.8 Å². The Morgan fingerprint density at radius 1 is 1.38 bits per heavy atom. The van der Waals surface area contributed by atoms with Gasteiger partial charge in [0.2, 0.25) is 0 Å². The Hall–Kier alpha value is -1.55. The summed E-state index contributed by atoms with van der Waals surface area (Å²) in [6.07, 6.45) is 2.81. The van der Waals surface area contributed by atoms with Crippen LogP contribution in [0.3, 0.4) is 0 Å². The summed E-state index contributed by atoms with van der Waals surface area (Å²) in [7, 11) is 1.69. The van der Waals surface area contributed by atoms with E-state index in [0.29, 0.717) is 0 Å². The molecule has 1 aromatic carbocycles. The Bertz CT molecular complexity index is 348. The molecule has 0 bridgehead atoms. The van der Waals surface area contributed by atoms with Crippen LogP contribution in [0.2, 0.25) is 0 Å². The molecule has 0 unspecified atom stereocenters. The Kier molecular flexibility index (Phi) is 3.77. The fourth-order valence-corrected chi connectivity index (χ4v) is 1.67. The van der Waals surface area contributed by atoms with Crippen LogP contribution in [0.15, 0.2) is 29.3 Å². The minimum atomic E-state index is 0.795. The Balaban J connectivity index is 1.82. The van der Waals surface area contributed by atoms with Crippen molar-refractivity contribution in [3.8, 4) is 5.75 Å². The predicted octanol–water partition coefficient (Wildman–Crippen LogP) is 1.09. The fourth-order valence-electron chi connectivity index (χ4n) is 1.67. The molecule has 1 aromatic rings. The molecule has 0 saturated carbocycles. The maximum Gasteiger partial charge on any atom is 0.118 e. The number of ether oxygens (including phenoxy) is 1. The molecular formula is C12H17N3O. The molecule has 0 atom stereocenters. The van der Waals surface area contributed by atoms with Crippen LogP contribution in [0.25, 0.3) is 0 Å². The maximum absolute atomic E-state index is 5.12. The van der Waals surface area contributed by atoms with Gasteiger partial charge in [-0.25, -0.2) is 0 Å². The molecule has 0 radical (unpaired) electrons. The maximum atomic E-state index is 5.12. The van der Waals surface area contributed by atoms with E-state index >= 15 is 0 Å². The van der Waals surface area contributed by atoms with E-state index in [1.807, 2.05) is 12.1 Å². The lowest BCUT2D eigenvalue weighted by atomic mass is 10.1. The summed E-state index contributed by atoms with van der Waals surface area (Å²) in [6, 6.07) is 8.23. The zero-order valence-electron chi connectivity index (χ0n) is 9.52. The van der Waals surface area contributed by atoms with Gasteiger partial charge in [0, 0.05) is 6.54 Å². The molecule has 0 saturated heterocycles. The monoisotopic (exact) mass is 219 g/mol. The minimum Gasteiger partial charge on any atom is -0.497 e. The number of aliphatic imine (C=N–C) groups is 1. The van der Waals surface area contributed by atoms with Crippen molar-refractivity contribution in [2.75, 3.05) is 27.0 Å². The van der Waals surface area contributed by atoms with E-state index in [2.05, 4.69) is 27.3 Å². The van der Waals surface area contributed by atoms with Crippen LogP contribution in [0.5, 0.6) is 5.75 Å². The summed E-state index contributed by atoms with van der Waals surface area (Å²) in [4.78, 5) is 6.44. The molecule has 4 nitrogen and oxygen atoms in total. The smallest absolute Gasteiger partial charge is 0.118 e. The topological polar surface area (TPSA) is 36.9 Å². The molecule has 2 rings (SSSR count). The van der Waals surface area contributed by atoms with Gasteiger partial charge in [0.1, 0.15) is 5.75 Å². The summed E-state index contributed by atoms with van der Waals surface area (Å²) < 4.78 is 5.12. The van der Waals surface area contributed by atoms with Gasteiger partial charge >= 0.3 is 0 Å². The highest BCUT2D eigenvalue weighted by atomic mass is 16.5. The normalized spacial score (nSPS) is 15.8. The van der Waals surface area contributed by atoms with E-state index in [1.54, 1.807) is 13.4 Å². The number of hydrogen-bond donors (Lipinski definition) is 1. The van der Waals surface area contributed by atoms with Gasteiger partial charge in [-0.15, -0.1) is 0 Å². The summed E-state index contributed by atoms with van der Waals surface area (Å²) in [5.74, 6) is 0.910. The number of rotatable bonds is 4. The second-order valence-corrected chi connectivity index (χ2v) is 3.81. The number of nitrogens with one attached hydrogen (secondary N) is 1. The van der Waals surface area contributed by atoms with Crippen LogP contribution in [-0.2, 0) is 6.42 Å². The van der Waals surface area contributed by atoms with Crippen molar-refractivity contribution >= 4 is 6.34 Å². The van der Waals surface area contributed by atoms with Crippen molar-refractivity contribution in [1.29, 1.82) is 0 Å². The van der Waals surface area contributed by atoms with Gasteiger partial charge < -0.3 is 10.1 Å². The molecule has 0 spiro atoms. The Morgan fingerprint density at radius 3 is 2.81 bits per heavy atom. The molecule has 1 heterocycles. The van der Waals surface area contributed by atoms with Crippen molar-refractivity contribution in [2.24, 2.45) is 4.99 Å². The lowest BCUT2D eigenvalue weighted by Crippen LogP contribution is -2.39. The van der Waals surface area contributed by atoms with Crippen molar-refractivity contribution in [3.63, 3.8) is 0 Å². The van der Waals surface area contributed by atoms with E-state index in [9.17, 15) is 0 Å². The van der Waals surface area contributed by atoms with E-state index in [-0.39, 0.29) is 0 Å². The highest BCUT2D eigenvalue weighted by Crippen LogP contribution is 2.11. The Morgan fingerprint density at radius 2 is 2.19 bits per heavy atom. The van der Waals surface area contributed by atoms with Gasteiger partial charge in [-0.05, 0) is 24.1 Å². The first-order valence-corrected chi connectivity index (χ1v) is 5.45. The minimum absolute atomic E-state index is 0.795. The third-order valence-corrected chi connectivity index (χ3v) is 2.65. The lowest BCUT2D eigenvalue weighted by Gasteiger charge is -2.22. The zero-order chi connectivity index (χ0) is 11.2. The number of benzene rings is 1. The molecule has 1 N–H and O–H groups in total. The molecule has 0 aliphatic carbocycles. The molecule has 1 aliphatic heterocycles. The second kappa shape index (κ2) is 5.51. The first kappa shape index (κ1) is 11.0. The molecule has 0 aromatic heterocycles. The SMILES string of the molecule is COc1ccc(CCN2CN=CNC2)cc1. The van der Waals surface area contributed by atoms with Gasteiger partial charge in [-0.3, -0.25) is 9.89 Å². The predicted molar refractivity (Wildman–Crippen MR) is 64.8 cm³/mol. The lowest BCUT2D eigenvalue weighted by molar-refractivity contribution is 0.271. The van der Waals surface area contributed by atoms with Crippen molar-refractivity contribution < 1.29 is 4.74 Å². The van der Waals surface area contributed by atoms with Crippen LogP contribution in [0.4, 0.5) is 0 Å². The van der Waals surface area contributed by atoms with E-state index in [0.717, 1.165) is 32.1 Å². The van der Waals surface area contributed by atoms with Crippen LogP contribution in [-0.4, -0.2) is 38.2 Å². The van der Waals surface area contributed by atoms with Gasteiger partial charge in [0.25, 0.3) is 0 Å². The highest BCUT2D eigenvalue weighted by Gasteiger charge is 2.05. The first-order valence-electron chi connectivity index (χ1n) is 5.45. The number of methoxy groups -OCH3 is 1. The van der Waals surface area contributed by atoms with Gasteiger partial charge in [-0.2, -0.15) is 0 Å². The number of hydrogen-bond acceptors (Lipinski definition) is 4. The largest absolute Gasteiger partial charge is 0.497 e.